The summed E-state index contributed by atoms with van der Waals surface area (Å²) in [6, 6.07) is 0. The zero-order chi connectivity index (χ0) is 11.2. The van der Waals surface area contributed by atoms with E-state index >= 15 is 0 Å². The second kappa shape index (κ2) is 6.32. The number of hydrogen-bond acceptors (Lipinski definition) is 3. The number of aliphatic hydroxyl groups is 2. The van der Waals surface area contributed by atoms with E-state index in [2.05, 4.69) is 6.92 Å². The Kier molecular flexibility index (Phi) is 6.24. The number of ether oxygens (including phenoxy) is 1. The molecule has 1 heterocycles. The highest BCUT2D eigenvalue weighted by Gasteiger charge is 2.26. The highest BCUT2D eigenvalue weighted by molar-refractivity contribution is 4.74. The van der Waals surface area contributed by atoms with Crippen LogP contribution in [0.3, 0.4) is 0 Å². The van der Waals surface area contributed by atoms with E-state index in [4.69, 9.17) is 14.9 Å². The predicted molar refractivity (Wildman–Crippen MR) is 52.7 cm³/mol. The van der Waals surface area contributed by atoms with Gasteiger partial charge in [0.15, 0.2) is 5.79 Å². The molecule has 4 heteroatoms. The molecule has 0 amide bonds. The van der Waals surface area contributed by atoms with Gasteiger partial charge in [-0.05, 0) is 20.3 Å². The molecule has 1 rings (SSSR count). The molecule has 1 fully saturated rings. The summed E-state index contributed by atoms with van der Waals surface area (Å²) < 4.78 is 17.8. The lowest BCUT2D eigenvalue weighted by atomic mass is 10.1. The van der Waals surface area contributed by atoms with E-state index in [1.54, 1.807) is 0 Å². The molecule has 0 aromatic heterocycles. The highest BCUT2D eigenvalue weighted by atomic mass is 19.1. The van der Waals surface area contributed by atoms with Crippen molar-refractivity contribution in [1.29, 1.82) is 0 Å². The average molecular weight is 208 g/mol. The zero-order valence-corrected chi connectivity index (χ0v) is 9.16. The van der Waals surface area contributed by atoms with Crippen LogP contribution in [0, 0.1) is 0 Å². The molecule has 0 spiro atoms. The Labute approximate surface area is 84.9 Å². The van der Waals surface area contributed by atoms with Crippen LogP contribution in [-0.2, 0) is 4.74 Å². The van der Waals surface area contributed by atoms with E-state index in [0.29, 0.717) is 13.0 Å². The molecule has 86 valence electrons. The summed E-state index contributed by atoms with van der Waals surface area (Å²) in [5.41, 5.74) is 0. The van der Waals surface area contributed by atoms with Crippen LogP contribution >= 0.6 is 0 Å². The molecule has 0 radical (unpaired) electrons. The third-order valence-corrected chi connectivity index (χ3v) is 1.70. The van der Waals surface area contributed by atoms with Gasteiger partial charge in [-0.25, -0.2) is 4.39 Å². The fourth-order valence-electron chi connectivity index (χ4n) is 1.17. The molecule has 2 unspecified atom stereocenters. The third kappa shape index (κ3) is 8.41. The molecule has 0 aromatic rings. The molecule has 14 heavy (non-hydrogen) atoms. The van der Waals surface area contributed by atoms with E-state index in [9.17, 15) is 4.39 Å². The topological polar surface area (TPSA) is 49.7 Å². The Balaban J connectivity index is 0.000000292. The molecule has 1 saturated heterocycles. The normalized spacial score (nSPS) is 27.0. The Morgan fingerprint density at radius 2 is 1.93 bits per heavy atom. The van der Waals surface area contributed by atoms with Gasteiger partial charge in [0, 0.05) is 13.0 Å². The van der Waals surface area contributed by atoms with Crippen LogP contribution in [0.25, 0.3) is 0 Å². The van der Waals surface area contributed by atoms with Crippen molar-refractivity contribution in [3.05, 3.63) is 0 Å². The van der Waals surface area contributed by atoms with Gasteiger partial charge in [0.05, 0.1) is 6.10 Å². The molecule has 2 atom stereocenters. The second-order valence-electron chi connectivity index (χ2n) is 4.00. The molecule has 0 aromatic carbocycles. The minimum atomic E-state index is -1.50. The SMILES string of the molecule is CC(C)(O)O.CCCC1OCCC1F. The van der Waals surface area contributed by atoms with Gasteiger partial charge in [0.2, 0.25) is 0 Å². The van der Waals surface area contributed by atoms with Gasteiger partial charge in [-0.2, -0.15) is 0 Å². The summed E-state index contributed by atoms with van der Waals surface area (Å²) in [5, 5.41) is 16.2. The summed E-state index contributed by atoms with van der Waals surface area (Å²) in [6.07, 6.45) is 1.72. The first-order chi connectivity index (χ1) is 6.34. The minimum Gasteiger partial charge on any atom is -0.375 e. The maximum atomic E-state index is 12.7. The van der Waals surface area contributed by atoms with Gasteiger partial charge in [0.1, 0.15) is 6.17 Å². The molecular formula is C10H21FO3. The second-order valence-corrected chi connectivity index (χ2v) is 4.00. The van der Waals surface area contributed by atoms with E-state index in [-0.39, 0.29) is 6.10 Å². The first-order valence-electron chi connectivity index (χ1n) is 5.05. The molecule has 3 nitrogen and oxygen atoms in total. The maximum absolute atomic E-state index is 12.7. The monoisotopic (exact) mass is 208 g/mol. The van der Waals surface area contributed by atoms with Crippen LogP contribution in [0.4, 0.5) is 4.39 Å². The number of rotatable bonds is 2. The summed E-state index contributed by atoms with van der Waals surface area (Å²) in [4.78, 5) is 0. The van der Waals surface area contributed by atoms with Crippen molar-refractivity contribution in [2.24, 2.45) is 0 Å². The number of alkyl halides is 1. The van der Waals surface area contributed by atoms with Crippen molar-refractivity contribution >= 4 is 0 Å². The van der Waals surface area contributed by atoms with Gasteiger partial charge in [-0.1, -0.05) is 13.3 Å². The van der Waals surface area contributed by atoms with Crippen molar-refractivity contribution in [2.45, 2.75) is 58.1 Å². The van der Waals surface area contributed by atoms with Crippen molar-refractivity contribution in [3.8, 4) is 0 Å². The van der Waals surface area contributed by atoms with Gasteiger partial charge in [-0.15, -0.1) is 0 Å². The first-order valence-corrected chi connectivity index (χ1v) is 5.05. The van der Waals surface area contributed by atoms with Crippen LogP contribution in [0.5, 0.6) is 0 Å². The lowest BCUT2D eigenvalue weighted by Crippen LogP contribution is -2.15. The molecule has 1 aliphatic heterocycles. The largest absolute Gasteiger partial charge is 0.375 e. The highest BCUT2D eigenvalue weighted by Crippen LogP contribution is 2.20. The Bertz CT molecular complexity index is 139. The van der Waals surface area contributed by atoms with Crippen LogP contribution in [-0.4, -0.2) is 34.9 Å². The predicted octanol–water partition coefficient (Wildman–Crippen LogP) is 1.62. The Morgan fingerprint density at radius 3 is 2.21 bits per heavy atom. The number of halogens is 1. The van der Waals surface area contributed by atoms with Gasteiger partial charge < -0.3 is 14.9 Å². The van der Waals surface area contributed by atoms with Crippen molar-refractivity contribution < 1.29 is 19.3 Å². The van der Waals surface area contributed by atoms with Crippen LogP contribution in [0.15, 0.2) is 0 Å². The third-order valence-electron chi connectivity index (χ3n) is 1.70. The Morgan fingerprint density at radius 1 is 1.43 bits per heavy atom. The zero-order valence-electron chi connectivity index (χ0n) is 9.16. The van der Waals surface area contributed by atoms with Gasteiger partial charge in [-0.3, -0.25) is 0 Å². The first kappa shape index (κ1) is 13.8. The lowest BCUT2D eigenvalue weighted by Gasteiger charge is -2.08. The summed E-state index contributed by atoms with van der Waals surface area (Å²) in [6.45, 7) is 5.26. The molecule has 0 bridgehead atoms. The molecule has 1 aliphatic rings. The van der Waals surface area contributed by atoms with Crippen LogP contribution in [0.2, 0.25) is 0 Å². The van der Waals surface area contributed by atoms with Crippen molar-refractivity contribution in [2.75, 3.05) is 6.61 Å². The summed E-state index contributed by atoms with van der Waals surface area (Å²) in [5.74, 6) is -1.50. The van der Waals surface area contributed by atoms with E-state index in [0.717, 1.165) is 12.8 Å². The molecule has 2 N–H and O–H groups in total. The smallest absolute Gasteiger partial charge is 0.156 e. The molecule has 0 saturated carbocycles. The summed E-state index contributed by atoms with van der Waals surface area (Å²) >= 11 is 0. The Hall–Kier alpha value is -0.190. The quantitative estimate of drug-likeness (QED) is 0.678. The fraction of sp³-hybridized carbons (Fsp3) is 1.00. The van der Waals surface area contributed by atoms with Crippen molar-refractivity contribution in [1.82, 2.24) is 0 Å². The van der Waals surface area contributed by atoms with Crippen LogP contribution in [0.1, 0.15) is 40.0 Å². The van der Waals surface area contributed by atoms with E-state index in [1.807, 2.05) is 0 Å². The van der Waals surface area contributed by atoms with Gasteiger partial charge >= 0.3 is 0 Å². The molecular weight excluding hydrogens is 187 g/mol. The molecule has 0 aliphatic carbocycles. The van der Waals surface area contributed by atoms with E-state index in [1.165, 1.54) is 13.8 Å². The fourth-order valence-corrected chi connectivity index (χ4v) is 1.17. The van der Waals surface area contributed by atoms with E-state index < -0.39 is 12.0 Å². The van der Waals surface area contributed by atoms with Crippen molar-refractivity contribution in [3.63, 3.8) is 0 Å². The summed E-state index contributed by atoms with van der Waals surface area (Å²) in [7, 11) is 0. The standard InChI is InChI=1S/C7H13FO.C3H8O2/c1-2-3-7-6(8)4-5-9-7;1-3(2,4)5/h6-7H,2-5H2,1H3;4-5H,1-2H3. The lowest BCUT2D eigenvalue weighted by molar-refractivity contribution is -0.127. The minimum absolute atomic E-state index is 0.0880. The average Bonchev–Trinajstić information content (AvgIpc) is 2.34. The maximum Gasteiger partial charge on any atom is 0.156 e. The van der Waals surface area contributed by atoms with Crippen LogP contribution < -0.4 is 0 Å². The number of hydrogen-bond donors (Lipinski definition) is 2. The van der Waals surface area contributed by atoms with Gasteiger partial charge in [0.25, 0.3) is 0 Å².